The normalized spacial score (nSPS) is 17.9. The third-order valence-electron chi connectivity index (χ3n) is 5.67. The Morgan fingerprint density at radius 1 is 1.25 bits per heavy atom. The van der Waals surface area contributed by atoms with Crippen molar-refractivity contribution in [2.75, 3.05) is 13.7 Å². The van der Waals surface area contributed by atoms with Crippen molar-refractivity contribution < 1.29 is 14.3 Å². The van der Waals surface area contributed by atoms with Crippen molar-refractivity contribution in [1.29, 1.82) is 0 Å². The van der Waals surface area contributed by atoms with Crippen molar-refractivity contribution in [3.05, 3.63) is 17.6 Å². The van der Waals surface area contributed by atoms with Crippen LogP contribution in [0.1, 0.15) is 87.8 Å². The minimum Gasteiger partial charge on any atom is -0.476 e. The summed E-state index contributed by atoms with van der Waals surface area (Å²) in [4.78, 5) is 33.8. The van der Waals surface area contributed by atoms with Gasteiger partial charge in [-0.3, -0.25) is 14.6 Å². The Bertz CT molecular complexity index is 718. The second-order valence-corrected chi connectivity index (χ2v) is 9.32. The van der Waals surface area contributed by atoms with Crippen LogP contribution in [0.2, 0.25) is 0 Å². The fourth-order valence-corrected chi connectivity index (χ4v) is 3.47. The van der Waals surface area contributed by atoms with E-state index in [4.69, 9.17) is 4.74 Å². The number of nitrogens with zero attached hydrogens (tertiary/aromatic N) is 2. The van der Waals surface area contributed by atoms with Gasteiger partial charge in [0.25, 0.3) is 0 Å². The molecule has 1 atom stereocenters. The first-order valence-electron chi connectivity index (χ1n) is 10.5. The summed E-state index contributed by atoms with van der Waals surface area (Å²) >= 11 is 0. The molecule has 0 radical (unpaired) electrons. The molecule has 1 aromatic heterocycles. The van der Waals surface area contributed by atoms with Gasteiger partial charge < -0.3 is 10.1 Å². The molecule has 2 saturated carbocycles. The number of carbonyl (C=O) groups is 2. The first-order valence-corrected chi connectivity index (χ1v) is 10.5. The SMILES string of the molecule is CNC(=O)C(CCCC(=O)c1cnc(C2CC2)c(OCC2CC2)n1)C(C)(C)C. The van der Waals surface area contributed by atoms with Crippen molar-refractivity contribution >= 4 is 11.7 Å². The molecule has 0 saturated heterocycles. The number of hydrogen-bond acceptors (Lipinski definition) is 5. The van der Waals surface area contributed by atoms with Gasteiger partial charge in [0.1, 0.15) is 11.4 Å². The summed E-state index contributed by atoms with van der Waals surface area (Å²) in [5.41, 5.74) is 1.14. The first-order chi connectivity index (χ1) is 13.3. The van der Waals surface area contributed by atoms with Crippen molar-refractivity contribution in [3.63, 3.8) is 0 Å². The van der Waals surface area contributed by atoms with Crippen LogP contribution in [0.4, 0.5) is 0 Å². The Labute approximate surface area is 167 Å². The molecule has 1 heterocycles. The maximum atomic E-state index is 12.7. The highest BCUT2D eigenvalue weighted by Gasteiger charge is 2.32. The predicted octanol–water partition coefficient (Wildman–Crippen LogP) is 3.90. The van der Waals surface area contributed by atoms with E-state index < -0.39 is 0 Å². The molecule has 2 aliphatic carbocycles. The minimum atomic E-state index is -0.140. The molecule has 3 rings (SSSR count). The number of carbonyl (C=O) groups excluding carboxylic acids is 2. The summed E-state index contributed by atoms with van der Waals surface area (Å²) in [5.74, 6) is 1.50. The fourth-order valence-electron chi connectivity index (χ4n) is 3.47. The van der Waals surface area contributed by atoms with Crippen molar-refractivity contribution in [1.82, 2.24) is 15.3 Å². The molecule has 0 spiro atoms. The summed E-state index contributed by atoms with van der Waals surface area (Å²) in [7, 11) is 1.66. The molecule has 0 aromatic carbocycles. The lowest BCUT2D eigenvalue weighted by atomic mass is 9.77. The quantitative estimate of drug-likeness (QED) is 0.616. The second-order valence-electron chi connectivity index (χ2n) is 9.32. The van der Waals surface area contributed by atoms with Gasteiger partial charge in [0.05, 0.1) is 12.8 Å². The molecule has 1 aromatic rings. The van der Waals surface area contributed by atoms with Gasteiger partial charge in [-0.2, -0.15) is 0 Å². The Hall–Kier alpha value is -1.98. The Morgan fingerprint density at radius 2 is 1.96 bits per heavy atom. The minimum absolute atomic E-state index is 0.0317. The molecule has 0 bridgehead atoms. The third kappa shape index (κ3) is 5.52. The fraction of sp³-hybridized carbons (Fsp3) is 0.727. The lowest BCUT2D eigenvalue weighted by Crippen LogP contribution is -2.36. The third-order valence-corrected chi connectivity index (χ3v) is 5.67. The number of amides is 1. The molecule has 2 aliphatic rings. The summed E-state index contributed by atoms with van der Waals surface area (Å²) in [6.45, 7) is 6.84. The van der Waals surface area contributed by atoms with Crippen LogP contribution in [0.15, 0.2) is 6.20 Å². The number of ketones is 1. The van der Waals surface area contributed by atoms with E-state index in [2.05, 4.69) is 36.1 Å². The summed E-state index contributed by atoms with van der Waals surface area (Å²) in [6.07, 6.45) is 7.95. The van der Waals surface area contributed by atoms with Gasteiger partial charge in [-0.25, -0.2) is 4.98 Å². The van der Waals surface area contributed by atoms with Gasteiger partial charge in [-0.1, -0.05) is 20.8 Å². The molecule has 2 fully saturated rings. The predicted molar refractivity (Wildman–Crippen MR) is 107 cm³/mol. The lowest BCUT2D eigenvalue weighted by molar-refractivity contribution is -0.128. The topological polar surface area (TPSA) is 81.2 Å². The van der Waals surface area contributed by atoms with Crippen LogP contribution in [0, 0.1) is 17.3 Å². The average Bonchev–Trinajstić information content (AvgIpc) is 3.55. The molecule has 1 N–H and O–H groups in total. The van der Waals surface area contributed by atoms with E-state index in [-0.39, 0.29) is 23.0 Å². The molecule has 0 aliphatic heterocycles. The molecule has 6 heteroatoms. The molecule has 28 heavy (non-hydrogen) atoms. The number of aromatic nitrogens is 2. The number of rotatable bonds is 10. The van der Waals surface area contributed by atoms with Crippen molar-refractivity contribution in [2.45, 2.75) is 71.6 Å². The first kappa shape index (κ1) is 20.7. The van der Waals surface area contributed by atoms with Gasteiger partial charge in [-0.15, -0.1) is 0 Å². The Morgan fingerprint density at radius 3 is 2.54 bits per heavy atom. The van der Waals surface area contributed by atoms with Gasteiger partial charge in [0.15, 0.2) is 5.78 Å². The average molecular weight is 388 g/mol. The Kier molecular flexibility index (Phi) is 6.36. The van der Waals surface area contributed by atoms with E-state index >= 15 is 0 Å². The largest absolute Gasteiger partial charge is 0.476 e. The molecule has 154 valence electrons. The standard InChI is InChI=1S/C22H33N3O3/c1-22(2,3)16(20(27)23-4)6-5-7-18(26)17-12-24-19(15-10-11-15)21(25-17)28-13-14-8-9-14/h12,14-16H,5-11,13H2,1-4H3,(H,23,27). The summed E-state index contributed by atoms with van der Waals surface area (Å²) in [6, 6.07) is 0. The molecule has 1 unspecified atom stereocenters. The van der Waals surface area contributed by atoms with E-state index in [0.29, 0.717) is 49.3 Å². The van der Waals surface area contributed by atoms with Crippen LogP contribution in [-0.4, -0.2) is 35.3 Å². The highest BCUT2D eigenvalue weighted by atomic mass is 16.5. The van der Waals surface area contributed by atoms with Crippen molar-refractivity contribution in [3.8, 4) is 5.88 Å². The van der Waals surface area contributed by atoms with Gasteiger partial charge in [-0.05, 0) is 49.9 Å². The van der Waals surface area contributed by atoms with Crippen LogP contribution >= 0.6 is 0 Å². The van der Waals surface area contributed by atoms with Crippen molar-refractivity contribution in [2.24, 2.45) is 17.3 Å². The molecule has 1 amide bonds. The number of hydrogen-bond donors (Lipinski definition) is 1. The van der Waals surface area contributed by atoms with Gasteiger partial charge in [0, 0.05) is 25.3 Å². The van der Waals surface area contributed by atoms with Crippen LogP contribution in [-0.2, 0) is 4.79 Å². The Balaban J connectivity index is 1.60. The summed E-state index contributed by atoms with van der Waals surface area (Å²) < 4.78 is 5.91. The smallest absolute Gasteiger partial charge is 0.236 e. The molecular formula is C22H33N3O3. The highest BCUT2D eigenvalue weighted by molar-refractivity contribution is 5.94. The highest BCUT2D eigenvalue weighted by Crippen LogP contribution is 2.43. The van der Waals surface area contributed by atoms with Crippen LogP contribution in [0.3, 0.4) is 0 Å². The van der Waals surface area contributed by atoms with Gasteiger partial charge in [0.2, 0.25) is 11.8 Å². The second kappa shape index (κ2) is 8.58. The monoisotopic (exact) mass is 387 g/mol. The zero-order valence-electron chi connectivity index (χ0n) is 17.6. The van der Waals surface area contributed by atoms with Crippen LogP contribution < -0.4 is 10.1 Å². The van der Waals surface area contributed by atoms with E-state index in [9.17, 15) is 9.59 Å². The van der Waals surface area contributed by atoms with E-state index in [1.165, 1.54) is 12.8 Å². The van der Waals surface area contributed by atoms with E-state index in [0.717, 1.165) is 18.5 Å². The van der Waals surface area contributed by atoms with Gasteiger partial charge >= 0.3 is 0 Å². The zero-order valence-corrected chi connectivity index (χ0v) is 17.6. The number of Topliss-reactive ketones (excluding diaryl/α,β-unsaturated/α-hetero) is 1. The van der Waals surface area contributed by atoms with E-state index in [1.54, 1.807) is 13.2 Å². The number of nitrogens with one attached hydrogen (secondary N) is 1. The number of ether oxygens (including phenoxy) is 1. The van der Waals surface area contributed by atoms with Crippen LogP contribution in [0.25, 0.3) is 0 Å². The van der Waals surface area contributed by atoms with Crippen LogP contribution in [0.5, 0.6) is 5.88 Å². The maximum absolute atomic E-state index is 12.7. The lowest BCUT2D eigenvalue weighted by Gasteiger charge is -2.29. The zero-order chi connectivity index (χ0) is 20.3. The summed E-state index contributed by atoms with van der Waals surface area (Å²) in [5, 5.41) is 2.74. The maximum Gasteiger partial charge on any atom is 0.236 e. The molecular weight excluding hydrogens is 354 g/mol. The molecule has 6 nitrogen and oxygen atoms in total. The van der Waals surface area contributed by atoms with E-state index in [1.807, 2.05) is 0 Å².